The Kier molecular flexibility index (Phi) is 7.84. The molecule has 2 aromatic carbocycles. The Bertz CT molecular complexity index is 782. The van der Waals surface area contributed by atoms with Crippen LogP contribution in [0.1, 0.15) is 11.1 Å². The maximum Gasteiger partial charge on any atom is 0.148 e. The zero-order chi connectivity index (χ0) is 19.6. The standard InChI is InChI=1S/C22H28N2O3/c1-6-13-27-20-10-8-7-9-18(20)16-23-12-11-17-14-22(26-5)19(24(2)3)15-21(17)25-4/h1,7-10,14-15,23H,11-13,16H2,2-5H3. The molecule has 2 aromatic rings. The highest BCUT2D eigenvalue weighted by Crippen LogP contribution is 2.34. The normalized spacial score (nSPS) is 10.2. The summed E-state index contributed by atoms with van der Waals surface area (Å²) in [5, 5.41) is 3.45. The second kappa shape index (κ2) is 10.3. The van der Waals surface area contributed by atoms with Crippen LogP contribution in [0.4, 0.5) is 5.69 Å². The number of anilines is 1. The molecule has 0 spiro atoms. The van der Waals surface area contributed by atoms with E-state index in [0.29, 0.717) is 6.54 Å². The lowest BCUT2D eigenvalue weighted by atomic mass is 10.1. The van der Waals surface area contributed by atoms with E-state index in [-0.39, 0.29) is 6.61 Å². The van der Waals surface area contributed by atoms with Gasteiger partial charge in [-0.05, 0) is 30.7 Å². The molecule has 5 heteroatoms. The summed E-state index contributed by atoms with van der Waals surface area (Å²) < 4.78 is 16.7. The zero-order valence-electron chi connectivity index (χ0n) is 16.5. The summed E-state index contributed by atoms with van der Waals surface area (Å²) in [6.07, 6.45) is 6.10. The lowest BCUT2D eigenvalue weighted by Crippen LogP contribution is -2.18. The molecule has 0 heterocycles. The molecule has 0 fully saturated rings. The average molecular weight is 368 g/mol. The number of benzene rings is 2. The van der Waals surface area contributed by atoms with Crippen LogP contribution in [0.3, 0.4) is 0 Å². The van der Waals surface area contributed by atoms with Gasteiger partial charge >= 0.3 is 0 Å². The van der Waals surface area contributed by atoms with Crippen molar-refractivity contribution in [2.75, 3.05) is 46.4 Å². The first-order chi connectivity index (χ1) is 13.1. The molecule has 2 rings (SSSR count). The fourth-order valence-electron chi connectivity index (χ4n) is 2.85. The molecule has 0 amide bonds. The van der Waals surface area contributed by atoms with Crippen LogP contribution < -0.4 is 24.4 Å². The Morgan fingerprint density at radius 2 is 1.74 bits per heavy atom. The maximum absolute atomic E-state index is 5.59. The largest absolute Gasteiger partial charge is 0.496 e. The number of rotatable bonds is 10. The molecule has 0 radical (unpaired) electrons. The lowest BCUT2D eigenvalue weighted by Gasteiger charge is -2.20. The first-order valence-corrected chi connectivity index (χ1v) is 8.87. The Balaban J connectivity index is 2.00. The molecule has 0 saturated carbocycles. The van der Waals surface area contributed by atoms with E-state index in [4.69, 9.17) is 20.6 Å². The van der Waals surface area contributed by atoms with Crippen molar-refractivity contribution in [2.24, 2.45) is 0 Å². The first kappa shape index (κ1) is 20.5. The SMILES string of the molecule is C#CCOc1ccccc1CNCCc1cc(OC)c(N(C)C)cc1OC. The van der Waals surface area contributed by atoms with Gasteiger partial charge in [0.2, 0.25) is 0 Å². The van der Waals surface area contributed by atoms with Gasteiger partial charge in [0.05, 0.1) is 19.9 Å². The van der Waals surface area contributed by atoms with Crippen LogP contribution in [0.2, 0.25) is 0 Å². The molecule has 27 heavy (non-hydrogen) atoms. The minimum atomic E-state index is 0.270. The molecule has 0 saturated heterocycles. The summed E-state index contributed by atoms with van der Waals surface area (Å²) in [4.78, 5) is 2.01. The van der Waals surface area contributed by atoms with E-state index in [2.05, 4.69) is 11.2 Å². The van der Waals surface area contributed by atoms with Crippen LogP contribution in [0.15, 0.2) is 36.4 Å². The Hall–Kier alpha value is -2.84. The smallest absolute Gasteiger partial charge is 0.148 e. The first-order valence-electron chi connectivity index (χ1n) is 8.87. The third-order valence-corrected chi connectivity index (χ3v) is 4.23. The number of methoxy groups -OCH3 is 2. The molecule has 0 aliphatic carbocycles. The van der Waals surface area contributed by atoms with Gasteiger partial charge in [0.15, 0.2) is 0 Å². The van der Waals surface area contributed by atoms with Crippen molar-refractivity contribution in [3.8, 4) is 29.6 Å². The highest BCUT2D eigenvalue weighted by Gasteiger charge is 2.12. The highest BCUT2D eigenvalue weighted by molar-refractivity contribution is 5.63. The summed E-state index contributed by atoms with van der Waals surface area (Å²) in [5.41, 5.74) is 3.18. The summed E-state index contributed by atoms with van der Waals surface area (Å²) in [6, 6.07) is 12.0. The molecule has 144 valence electrons. The van der Waals surface area contributed by atoms with Crippen LogP contribution in [0.25, 0.3) is 0 Å². The van der Waals surface area contributed by atoms with E-state index in [1.54, 1.807) is 14.2 Å². The van der Waals surface area contributed by atoms with Crippen LogP contribution >= 0.6 is 0 Å². The van der Waals surface area contributed by atoms with Crippen molar-refractivity contribution in [1.82, 2.24) is 5.32 Å². The Morgan fingerprint density at radius 1 is 1.00 bits per heavy atom. The van der Waals surface area contributed by atoms with E-state index < -0.39 is 0 Å². The fourth-order valence-corrected chi connectivity index (χ4v) is 2.85. The van der Waals surface area contributed by atoms with Gasteiger partial charge in [-0.25, -0.2) is 0 Å². The Morgan fingerprint density at radius 3 is 2.41 bits per heavy atom. The molecular formula is C22H28N2O3. The van der Waals surface area contributed by atoms with Crippen molar-refractivity contribution < 1.29 is 14.2 Å². The van der Waals surface area contributed by atoms with Gasteiger partial charge in [-0.3, -0.25) is 0 Å². The second-order valence-electron chi connectivity index (χ2n) is 6.26. The van der Waals surface area contributed by atoms with Gasteiger partial charge in [-0.15, -0.1) is 6.42 Å². The molecule has 0 unspecified atom stereocenters. The van der Waals surface area contributed by atoms with Gasteiger partial charge in [0.1, 0.15) is 23.9 Å². The quantitative estimate of drug-likeness (QED) is 0.516. The predicted molar refractivity (Wildman–Crippen MR) is 110 cm³/mol. The van der Waals surface area contributed by atoms with E-state index in [0.717, 1.165) is 47.0 Å². The van der Waals surface area contributed by atoms with Gasteiger partial charge in [-0.1, -0.05) is 24.1 Å². The monoisotopic (exact) mass is 368 g/mol. The lowest BCUT2D eigenvalue weighted by molar-refractivity contribution is 0.365. The molecule has 0 bridgehead atoms. The second-order valence-corrected chi connectivity index (χ2v) is 6.26. The molecule has 0 aliphatic heterocycles. The minimum Gasteiger partial charge on any atom is -0.496 e. The maximum atomic E-state index is 5.59. The predicted octanol–water partition coefficient (Wildman–Crippen LogP) is 3.11. The molecule has 1 N–H and O–H groups in total. The summed E-state index contributed by atoms with van der Waals surface area (Å²) in [6.45, 7) is 1.77. The molecule has 0 aromatic heterocycles. The third kappa shape index (κ3) is 5.57. The number of ether oxygens (including phenoxy) is 3. The average Bonchev–Trinajstić information content (AvgIpc) is 2.69. The fraction of sp³-hybridized carbons (Fsp3) is 0.364. The van der Waals surface area contributed by atoms with E-state index >= 15 is 0 Å². The summed E-state index contributed by atoms with van der Waals surface area (Å²) >= 11 is 0. The van der Waals surface area contributed by atoms with Crippen LogP contribution in [0, 0.1) is 12.3 Å². The number of nitrogens with one attached hydrogen (secondary N) is 1. The number of para-hydroxylation sites is 1. The number of nitrogens with zero attached hydrogens (tertiary/aromatic N) is 1. The van der Waals surface area contributed by atoms with Crippen molar-refractivity contribution in [3.63, 3.8) is 0 Å². The minimum absolute atomic E-state index is 0.270. The van der Waals surface area contributed by atoms with E-state index in [1.165, 1.54) is 0 Å². The van der Waals surface area contributed by atoms with Crippen LogP contribution in [-0.4, -0.2) is 41.5 Å². The van der Waals surface area contributed by atoms with Crippen molar-refractivity contribution >= 4 is 5.69 Å². The van der Waals surface area contributed by atoms with Gasteiger partial charge in [0.25, 0.3) is 0 Å². The van der Waals surface area contributed by atoms with Gasteiger partial charge in [0, 0.05) is 32.3 Å². The summed E-state index contributed by atoms with van der Waals surface area (Å²) in [5.74, 6) is 5.01. The zero-order valence-corrected chi connectivity index (χ0v) is 16.5. The van der Waals surface area contributed by atoms with Crippen LogP contribution in [0.5, 0.6) is 17.2 Å². The third-order valence-electron chi connectivity index (χ3n) is 4.23. The van der Waals surface area contributed by atoms with Crippen LogP contribution in [-0.2, 0) is 13.0 Å². The number of terminal acetylenes is 1. The van der Waals surface area contributed by atoms with Crippen molar-refractivity contribution in [1.29, 1.82) is 0 Å². The van der Waals surface area contributed by atoms with E-state index in [1.807, 2.05) is 55.4 Å². The van der Waals surface area contributed by atoms with Gasteiger partial charge in [-0.2, -0.15) is 0 Å². The topological polar surface area (TPSA) is 43.0 Å². The summed E-state index contributed by atoms with van der Waals surface area (Å²) in [7, 11) is 7.34. The van der Waals surface area contributed by atoms with E-state index in [9.17, 15) is 0 Å². The van der Waals surface area contributed by atoms with Crippen molar-refractivity contribution in [2.45, 2.75) is 13.0 Å². The Labute approximate surface area is 162 Å². The molecule has 5 nitrogen and oxygen atoms in total. The van der Waals surface area contributed by atoms with Crippen molar-refractivity contribution in [3.05, 3.63) is 47.5 Å². The van der Waals surface area contributed by atoms with Gasteiger partial charge < -0.3 is 24.4 Å². The highest BCUT2D eigenvalue weighted by atomic mass is 16.5. The number of hydrogen-bond acceptors (Lipinski definition) is 5. The molecular weight excluding hydrogens is 340 g/mol. The molecule has 0 atom stereocenters. The molecule has 0 aliphatic rings. The number of hydrogen-bond donors (Lipinski definition) is 1.